The van der Waals surface area contributed by atoms with Crippen LogP contribution in [0.25, 0.3) is 11.3 Å². The minimum absolute atomic E-state index is 0.0114. The van der Waals surface area contributed by atoms with Crippen molar-refractivity contribution in [1.29, 1.82) is 0 Å². The maximum absolute atomic E-state index is 12.9. The molecule has 1 heterocycles. The topological polar surface area (TPSA) is 43.8 Å². The van der Waals surface area contributed by atoms with Gasteiger partial charge in [0, 0.05) is 19.2 Å². The number of halogens is 1. The predicted octanol–water partition coefficient (Wildman–Crippen LogP) is 2.25. The Bertz CT molecular complexity index is 485. The summed E-state index contributed by atoms with van der Waals surface area (Å²) in [5.74, 6) is -0.464. The Morgan fingerprint density at radius 1 is 1.31 bits per heavy atom. The van der Waals surface area contributed by atoms with Crippen LogP contribution >= 0.6 is 0 Å². The van der Waals surface area contributed by atoms with Gasteiger partial charge in [0.2, 0.25) is 5.95 Å². The molecule has 3 nitrogen and oxygen atoms in total. The molecule has 2 rings (SSSR count). The third kappa shape index (κ3) is 1.97. The van der Waals surface area contributed by atoms with E-state index in [2.05, 4.69) is 5.10 Å². The second kappa shape index (κ2) is 4.06. The number of aromatic nitrogens is 2. The van der Waals surface area contributed by atoms with Crippen molar-refractivity contribution in [3.05, 3.63) is 41.8 Å². The number of hydrogen-bond acceptors (Lipinski definition) is 2. The summed E-state index contributed by atoms with van der Waals surface area (Å²) < 4.78 is 14.5. The summed E-state index contributed by atoms with van der Waals surface area (Å²) in [4.78, 5) is 0. The van der Waals surface area contributed by atoms with E-state index < -0.39 is 5.95 Å². The van der Waals surface area contributed by atoms with Crippen molar-refractivity contribution in [3.63, 3.8) is 0 Å². The molecule has 0 saturated heterocycles. The number of benzene rings is 1. The van der Waals surface area contributed by atoms with Crippen molar-refractivity contribution < 1.29 is 4.39 Å². The third-order valence-electron chi connectivity index (χ3n) is 2.58. The van der Waals surface area contributed by atoms with Gasteiger partial charge in [-0.2, -0.15) is 4.39 Å². The van der Waals surface area contributed by atoms with Crippen molar-refractivity contribution >= 4 is 0 Å². The fourth-order valence-corrected chi connectivity index (χ4v) is 1.66. The number of nitrogens with two attached hydrogens (primary N) is 1. The van der Waals surface area contributed by atoms with Crippen molar-refractivity contribution in [2.75, 3.05) is 0 Å². The summed E-state index contributed by atoms with van der Waals surface area (Å²) in [6, 6.07) is 9.18. The lowest BCUT2D eigenvalue weighted by Crippen LogP contribution is -2.04. The molecule has 0 radical (unpaired) electrons. The first-order valence-electron chi connectivity index (χ1n) is 5.13. The van der Waals surface area contributed by atoms with Crippen molar-refractivity contribution in [2.45, 2.75) is 13.0 Å². The Hall–Kier alpha value is -1.68. The standard InChI is InChI=1S/C12H14FN3/c1-8(14)9-3-5-10(6-4-9)11-7-12(13)15-16(11)2/h3-8H,14H2,1-2H3/t8-/m0/s1. The van der Waals surface area contributed by atoms with E-state index in [1.54, 1.807) is 7.05 Å². The molecule has 0 saturated carbocycles. The fourth-order valence-electron chi connectivity index (χ4n) is 1.66. The van der Waals surface area contributed by atoms with Crippen LogP contribution in [0, 0.1) is 5.95 Å². The Labute approximate surface area is 93.7 Å². The van der Waals surface area contributed by atoms with Gasteiger partial charge in [-0.3, -0.25) is 4.68 Å². The predicted molar refractivity (Wildman–Crippen MR) is 61.2 cm³/mol. The highest BCUT2D eigenvalue weighted by Gasteiger charge is 2.07. The van der Waals surface area contributed by atoms with Gasteiger partial charge in [0.15, 0.2) is 0 Å². The van der Waals surface area contributed by atoms with Crippen LogP contribution in [0.2, 0.25) is 0 Å². The molecule has 1 aromatic carbocycles. The summed E-state index contributed by atoms with van der Waals surface area (Å²) in [6.45, 7) is 1.93. The van der Waals surface area contributed by atoms with Gasteiger partial charge >= 0.3 is 0 Å². The average Bonchev–Trinajstić information content (AvgIpc) is 2.58. The molecule has 1 atom stereocenters. The van der Waals surface area contributed by atoms with E-state index in [1.165, 1.54) is 10.7 Å². The number of aryl methyl sites for hydroxylation is 1. The van der Waals surface area contributed by atoms with Crippen LogP contribution < -0.4 is 5.73 Å². The van der Waals surface area contributed by atoms with E-state index in [-0.39, 0.29) is 6.04 Å². The molecule has 0 aliphatic carbocycles. The highest BCUT2D eigenvalue weighted by molar-refractivity contribution is 5.59. The highest BCUT2D eigenvalue weighted by Crippen LogP contribution is 2.21. The molecule has 0 aliphatic heterocycles. The van der Waals surface area contributed by atoms with Crippen molar-refractivity contribution in [3.8, 4) is 11.3 Å². The second-order valence-corrected chi connectivity index (χ2v) is 3.89. The molecular formula is C12H14FN3. The summed E-state index contributed by atoms with van der Waals surface area (Å²) in [6.07, 6.45) is 0. The lowest BCUT2D eigenvalue weighted by Gasteiger charge is -2.07. The van der Waals surface area contributed by atoms with Gasteiger partial charge in [-0.1, -0.05) is 24.3 Å². The van der Waals surface area contributed by atoms with Gasteiger partial charge in [-0.25, -0.2) is 0 Å². The first-order chi connectivity index (χ1) is 7.58. The normalized spacial score (nSPS) is 12.8. The number of rotatable bonds is 2. The molecule has 84 valence electrons. The SMILES string of the molecule is C[C@H](N)c1ccc(-c2cc(F)nn2C)cc1. The van der Waals surface area contributed by atoms with Crippen LogP contribution in [0.1, 0.15) is 18.5 Å². The maximum atomic E-state index is 12.9. The van der Waals surface area contributed by atoms with Crippen LogP contribution in [-0.4, -0.2) is 9.78 Å². The Kier molecular flexibility index (Phi) is 2.75. The first kappa shape index (κ1) is 10.8. The fraction of sp³-hybridized carbons (Fsp3) is 0.250. The van der Waals surface area contributed by atoms with Gasteiger partial charge in [-0.05, 0) is 18.1 Å². The zero-order valence-corrected chi connectivity index (χ0v) is 9.31. The van der Waals surface area contributed by atoms with E-state index in [4.69, 9.17) is 5.73 Å². The van der Waals surface area contributed by atoms with Gasteiger partial charge in [-0.15, -0.1) is 5.10 Å². The number of hydrogen-bond donors (Lipinski definition) is 1. The van der Waals surface area contributed by atoms with Gasteiger partial charge in [0.05, 0.1) is 5.69 Å². The van der Waals surface area contributed by atoms with E-state index in [0.29, 0.717) is 0 Å². The lowest BCUT2D eigenvalue weighted by molar-refractivity contribution is 0.554. The van der Waals surface area contributed by atoms with Crippen molar-refractivity contribution in [2.24, 2.45) is 12.8 Å². The Balaban J connectivity index is 2.38. The summed E-state index contributed by atoms with van der Waals surface area (Å²) >= 11 is 0. The summed E-state index contributed by atoms with van der Waals surface area (Å²) in [5, 5.41) is 3.67. The molecule has 2 aromatic rings. The van der Waals surface area contributed by atoms with E-state index in [1.807, 2.05) is 31.2 Å². The molecule has 4 heteroatoms. The van der Waals surface area contributed by atoms with E-state index in [0.717, 1.165) is 16.8 Å². The lowest BCUT2D eigenvalue weighted by atomic mass is 10.1. The monoisotopic (exact) mass is 219 g/mol. The Morgan fingerprint density at radius 3 is 2.38 bits per heavy atom. The minimum atomic E-state index is -0.464. The molecule has 0 aliphatic rings. The summed E-state index contributed by atoms with van der Waals surface area (Å²) in [5.41, 5.74) is 8.51. The van der Waals surface area contributed by atoms with E-state index in [9.17, 15) is 4.39 Å². The average molecular weight is 219 g/mol. The molecule has 0 fully saturated rings. The number of nitrogens with zero attached hydrogens (tertiary/aromatic N) is 2. The smallest absolute Gasteiger partial charge is 0.233 e. The van der Waals surface area contributed by atoms with Gasteiger partial charge < -0.3 is 5.73 Å². The largest absolute Gasteiger partial charge is 0.324 e. The molecule has 0 spiro atoms. The quantitative estimate of drug-likeness (QED) is 0.841. The molecule has 2 N–H and O–H groups in total. The first-order valence-corrected chi connectivity index (χ1v) is 5.13. The Morgan fingerprint density at radius 2 is 1.94 bits per heavy atom. The minimum Gasteiger partial charge on any atom is -0.324 e. The molecule has 0 unspecified atom stereocenters. The second-order valence-electron chi connectivity index (χ2n) is 3.89. The third-order valence-corrected chi connectivity index (χ3v) is 2.58. The summed E-state index contributed by atoms with van der Waals surface area (Å²) in [7, 11) is 1.72. The molecule has 16 heavy (non-hydrogen) atoms. The van der Waals surface area contributed by atoms with E-state index >= 15 is 0 Å². The van der Waals surface area contributed by atoms with Gasteiger partial charge in [0.25, 0.3) is 0 Å². The highest BCUT2D eigenvalue weighted by atomic mass is 19.1. The molecule has 1 aromatic heterocycles. The zero-order chi connectivity index (χ0) is 11.7. The molecule has 0 bridgehead atoms. The van der Waals surface area contributed by atoms with Crippen LogP contribution in [0.3, 0.4) is 0 Å². The zero-order valence-electron chi connectivity index (χ0n) is 9.31. The van der Waals surface area contributed by atoms with Gasteiger partial charge in [0.1, 0.15) is 0 Å². The van der Waals surface area contributed by atoms with Crippen LogP contribution in [0.15, 0.2) is 30.3 Å². The van der Waals surface area contributed by atoms with Crippen LogP contribution in [-0.2, 0) is 7.05 Å². The van der Waals surface area contributed by atoms with Crippen LogP contribution in [0.5, 0.6) is 0 Å². The van der Waals surface area contributed by atoms with Crippen molar-refractivity contribution in [1.82, 2.24) is 9.78 Å². The molecular weight excluding hydrogens is 205 g/mol. The maximum Gasteiger partial charge on any atom is 0.233 e. The molecule has 0 amide bonds. The van der Waals surface area contributed by atoms with Crippen LogP contribution in [0.4, 0.5) is 4.39 Å².